The lowest BCUT2D eigenvalue weighted by atomic mass is 10.0. The number of rotatable bonds is 3. The zero-order valence-corrected chi connectivity index (χ0v) is 15.0. The first-order chi connectivity index (χ1) is 13.4. The van der Waals surface area contributed by atoms with E-state index in [4.69, 9.17) is 4.74 Å². The third kappa shape index (κ3) is 3.26. The van der Waals surface area contributed by atoms with Crippen molar-refractivity contribution in [3.63, 3.8) is 0 Å². The van der Waals surface area contributed by atoms with Crippen LogP contribution in [0.4, 0.5) is 8.78 Å². The highest BCUT2D eigenvalue weighted by molar-refractivity contribution is 5.78. The van der Waals surface area contributed by atoms with Crippen molar-refractivity contribution in [3.8, 4) is 0 Å². The summed E-state index contributed by atoms with van der Waals surface area (Å²) in [5.74, 6) is -1.82. The monoisotopic (exact) mass is 389 g/mol. The molecular formula is C18H17F2N5O3. The predicted octanol–water partition coefficient (Wildman–Crippen LogP) is 1.01. The average molecular weight is 389 g/mol. The van der Waals surface area contributed by atoms with Gasteiger partial charge >= 0.3 is 0 Å². The van der Waals surface area contributed by atoms with E-state index in [2.05, 4.69) is 10.1 Å². The highest BCUT2D eigenvalue weighted by Crippen LogP contribution is 2.26. The van der Waals surface area contributed by atoms with Crippen LogP contribution in [0, 0.1) is 11.6 Å². The molecule has 1 saturated heterocycles. The number of fused-ring (bicyclic) bond motifs is 1. The van der Waals surface area contributed by atoms with E-state index in [0.717, 1.165) is 6.07 Å². The number of hydrogen-bond donors (Lipinski definition) is 0. The first kappa shape index (κ1) is 18.2. The van der Waals surface area contributed by atoms with E-state index in [1.807, 2.05) is 0 Å². The van der Waals surface area contributed by atoms with Crippen LogP contribution in [0.1, 0.15) is 11.6 Å². The summed E-state index contributed by atoms with van der Waals surface area (Å²) in [6.07, 6.45) is 2.69. The van der Waals surface area contributed by atoms with Crippen molar-refractivity contribution in [2.45, 2.75) is 12.6 Å². The first-order valence-electron chi connectivity index (χ1n) is 8.64. The maximum absolute atomic E-state index is 13.6. The van der Waals surface area contributed by atoms with Gasteiger partial charge in [-0.05, 0) is 17.7 Å². The number of halogens is 2. The second-order valence-corrected chi connectivity index (χ2v) is 6.56. The van der Waals surface area contributed by atoms with Crippen molar-refractivity contribution in [1.82, 2.24) is 24.2 Å². The molecular weight excluding hydrogens is 372 g/mol. The van der Waals surface area contributed by atoms with E-state index in [1.54, 1.807) is 7.05 Å². The molecule has 1 amide bonds. The number of ether oxygens (including phenoxy) is 1. The van der Waals surface area contributed by atoms with Gasteiger partial charge in [0.1, 0.15) is 29.9 Å². The van der Waals surface area contributed by atoms with Crippen LogP contribution in [-0.2, 0) is 23.1 Å². The quantitative estimate of drug-likeness (QED) is 0.668. The molecule has 0 aliphatic carbocycles. The van der Waals surface area contributed by atoms with Crippen LogP contribution < -0.4 is 5.56 Å². The fourth-order valence-corrected chi connectivity index (χ4v) is 3.36. The number of aromatic nitrogens is 4. The molecule has 0 saturated carbocycles. The van der Waals surface area contributed by atoms with Gasteiger partial charge in [0.2, 0.25) is 5.91 Å². The molecule has 146 valence electrons. The van der Waals surface area contributed by atoms with Crippen LogP contribution in [-0.4, -0.2) is 49.9 Å². The Hall–Kier alpha value is -3.14. The molecule has 1 fully saturated rings. The van der Waals surface area contributed by atoms with Gasteiger partial charge in [-0.25, -0.2) is 13.8 Å². The Morgan fingerprint density at radius 1 is 1.29 bits per heavy atom. The molecule has 0 spiro atoms. The summed E-state index contributed by atoms with van der Waals surface area (Å²) in [5, 5.41) is 4.30. The molecule has 1 atom stereocenters. The molecule has 2 aromatic heterocycles. The van der Waals surface area contributed by atoms with E-state index in [0.29, 0.717) is 23.2 Å². The number of amides is 1. The third-order valence-corrected chi connectivity index (χ3v) is 4.74. The second-order valence-electron chi connectivity index (χ2n) is 6.56. The molecule has 28 heavy (non-hydrogen) atoms. The number of morpholine rings is 1. The Balaban J connectivity index is 1.62. The summed E-state index contributed by atoms with van der Waals surface area (Å²) in [4.78, 5) is 31.1. The van der Waals surface area contributed by atoms with Gasteiger partial charge in [0.05, 0.1) is 25.5 Å². The second kappa shape index (κ2) is 7.12. The van der Waals surface area contributed by atoms with Crippen LogP contribution in [0.3, 0.4) is 0 Å². The van der Waals surface area contributed by atoms with Crippen molar-refractivity contribution in [3.05, 3.63) is 58.3 Å². The van der Waals surface area contributed by atoms with Gasteiger partial charge in [-0.15, -0.1) is 0 Å². The number of aryl methyl sites for hydroxylation is 1. The van der Waals surface area contributed by atoms with E-state index in [1.165, 1.54) is 38.8 Å². The van der Waals surface area contributed by atoms with Gasteiger partial charge in [-0.2, -0.15) is 5.10 Å². The minimum atomic E-state index is -0.726. The summed E-state index contributed by atoms with van der Waals surface area (Å²) in [6.45, 7) is 0.419. The topological polar surface area (TPSA) is 82.2 Å². The van der Waals surface area contributed by atoms with Crippen molar-refractivity contribution in [2.24, 2.45) is 7.05 Å². The smallest absolute Gasteiger partial charge is 0.264 e. The first-order valence-corrected chi connectivity index (χ1v) is 8.64. The van der Waals surface area contributed by atoms with Crippen LogP contribution in [0.5, 0.6) is 0 Å². The lowest BCUT2D eigenvalue weighted by Crippen LogP contribution is -2.45. The van der Waals surface area contributed by atoms with Crippen molar-refractivity contribution < 1.29 is 18.3 Å². The molecule has 1 aliphatic heterocycles. The lowest BCUT2D eigenvalue weighted by Gasteiger charge is -2.36. The largest absolute Gasteiger partial charge is 0.377 e. The predicted molar refractivity (Wildman–Crippen MR) is 94.4 cm³/mol. The summed E-state index contributed by atoms with van der Waals surface area (Å²) >= 11 is 0. The molecule has 4 rings (SSSR count). The standard InChI is InChI=1S/C18H17F2N5O3/c1-23-17-14(7-22-23)18(27)24(10-21-17)8-16(26)25-2-3-28-9-15(25)11-4-12(19)6-13(20)5-11/h4-7,10,15H,2-3,8-9H2,1H3. The average Bonchev–Trinajstić information content (AvgIpc) is 3.05. The van der Waals surface area contributed by atoms with E-state index in [9.17, 15) is 18.4 Å². The molecule has 10 heteroatoms. The van der Waals surface area contributed by atoms with Gasteiger partial charge in [0, 0.05) is 19.7 Å². The summed E-state index contributed by atoms with van der Waals surface area (Å²) < 4.78 is 35.3. The van der Waals surface area contributed by atoms with Crippen LogP contribution in [0.2, 0.25) is 0 Å². The van der Waals surface area contributed by atoms with Gasteiger partial charge in [0.25, 0.3) is 5.56 Å². The highest BCUT2D eigenvalue weighted by atomic mass is 19.1. The molecule has 0 bridgehead atoms. The van der Waals surface area contributed by atoms with Crippen molar-refractivity contribution in [2.75, 3.05) is 19.8 Å². The Bertz CT molecular complexity index is 1090. The number of nitrogens with zero attached hydrogens (tertiary/aromatic N) is 5. The van der Waals surface area contributed by atoms with Gasteiger partial charge in [-0.1, -0.05) is 0 Å². The Morgan fingerprint density at radius 3 is 2.79 bits per heavy atom. The molecule has 3 heterocycles. The number of benzene rings is 1. The molecule has 3 aromatic rings. The molecule has 0 N–H and O–H groups in total. The summed E-state index contributed by atoms with van der Waals surface area (Å²) in [7, 11) is 1.67. The Kier molecular flexibility index (Phi) is 4.63. The van der Waals surface area contributed by atoms with Gasteiger partial charge < -0.3 is 9.64 Å². The van der Waals surface area contributed by atoms with Crippen LogP contribution in [0.15, 0.2) is 35.5 Å². The highest BCUT2D eigenvalue weighted by Gasteiger charge is 2.29. The number of carbonyl (C=O) groups excluding carboxylic acids is 1. The zero-order valence-electron chi connectivity index (χ0n) is 15.0. The van der Waals surface area contributed by atoms with Crippen molar-refractivity contribution in [1.29, 1.82) is 0 Å². The minimum absolute atomic E-state index is 0.115. The molecule has 8 nitrogen and oxygen atoms in total. The fraction of sp³-hybridized carbons (Fsp3) is 0.333. The SMILES string of the molecule is Cn1ncc2c(=O)n(CC(=O)N3CCOCC3c3cc(F)cc(F)c3)cnc21. The normalized spacial score (nSPS) is 17.2. The maximum Gasteiger partial charge on any atom is 0.264 e. The molecule has 1 aromatic carbocycles. The van der Waals surface area contributed by atoms with E-state index >= 15 is 0 Å². The third-order valence-electron chi connectivity index (χ3n) is 4.74. The maximum atomic E-state index is 13.6. The summed E-state index contributed by atoms with van der Waals surface area (Å²) in [5.41, 5.74) is 0.347. The number of carbonyl (C=O) groups is 1. The molecule has 1 unspecified atom stereocenters. The molecule has 1 aliphatic rings. The summed E-state index contributed by atoms with van der Waals surface area (Å²) in [6, 6.07) is 2.49. The minimum Gasteiger partial charge on any atom is -0.377 e. The Labute approximate surface area is 158 Å². The van der Waals surface area contributed by atoms with E-state index < -0.39 is 17.7 Å². The Morgan fingerprint density at radius 2 is 2.04 bits per heavy atom. The fourth-order valence-electron chi connectivity index (χ4n) is 3.36. The number of hydrogen-bond acceptors (Lipinski definition) is 5. The van der Waals surface area contributed by atoms with Gasteiger partial charge in [-0.3, -0.25) is 18.8 Å². The zero-order chi connectivity index (χ0) is 19.8. The van der Waals surface area contributed by atoms with Crippen molar-refractivity contribution >= 4 is 16.9 Å². The van der Waals surface area contributed by atoms with Crippen LogP contribution in [0.25, 0.3) is 11.0 Å². The molecule has 0 radical (unpaired) electrons. The van der Waals surface area contributed by atoms with Crippen LogP contribution >= 0.6 is 0 Å². The van der Waals surface area contributed by atoms with E-state index in [-0.39, 0.29) is 31.2 Å². The van der Waals surface area contributed by atoms with Gasteiger partial charge in [0.15, 0.2) is 5.65 Å². The lowest BCUT2D eigenvalue weighted by molar-refractivity contribution is -0.141.